The molecule has 2 aliphatic heterocycles. The van der Waals surface area contributed by atoms with Gasteiger partial charge in [0.15, 0.2) is 0 Å². The summed E-state index contributed by atoms with van der Waals surface area (Å²) in [5, 5.41) is 5.20. The molecule has 2 heterocycles. The molecule has 3 atom stereocenters. The highest BCUT2D eigenvalue weighted by atomic mass is 35.5. The third-order valence-corrected chi connectivity index (χ3v) is 7.14. The molecule has 32 heavy (non-hydrogen) atoms. The Bertz CT molecular complexity index is 856. The van der Waals surface area contributed by atoms with E-state index in [-0.39, 0.29) is 53.8 Å². The van der Waals surface area contributed by atoms with E-state index in [2.05, 4.69) is 15.5 Å². The molecule has 2 saturated heterocycles. The second-order valence-electron chi connectivity index (χ2n) is 9.21. The summed E-state index contributed by atoms with van der Waals surface area (Å²) in [6, 6.07) is 4.21. The number of benzene rings is 1. The first-order valence-corrected chi connectivity index (χ1v) is 11.3. The average molecular weight is 476 g/mol. The summed E-state index contributed by atoms with van der Waals surface area (Å²) in [7, 11) is 0. The molecule has 3 fully saturated rings. The molecule has 1 aliphatic carbocycles. The molecule has 0 radical (unpaired) electrons. The third-order valence-electron chi connectivity index (χ3n) is 6.93. The fraction of sp³-hybridized carbons (Fsp3) is 0.636. The van der Waals surface area contributed by atoms with Gasteiger partial charge in [0.1, 0.15) is 11.4 Å². The van der Waals surface area contributed by atoms with Crippen LogP contribution in [0.1, 0.15) is 55.3 Å². The Morgan fingerprint density at radius 1 is 1.12 bits per heavy atom. The zero-order valence-corrected chi connectivity index (χ0v) is 18.2. The predicted molar refractivity (Wildman–Crippen MR) is 111 cm³/mol. The zero-order chi connectivity index (χ0) is 23.1. The number of nitrogens with zero attached hydrogens (tertiary/aromatic N) is 1. The Hall–Kier alpha value is -1.87. The minimum absolute atomic E-state index is 0.0482. The quantitative estimate of drug-likeness (QED) is 0.585. The highest BCUT2D eigenvalue weighted by Crippen LogP contribution is 2.49. The molecule has 0 aromatic heterocycles. The maximum Gasteiger partial charge on any atom is 0.411 e. The van der Waals surface area contributed by atoms with Crippen LogP contribution in [0.25, 0.3) is 0 Å². The van der Waals surface area contributed by atoms with Crippen molar-refractivity contribution < 1.29 is 27.2 Å². The fourth-order valence-corrected chi connectivity index (χ4v) is 5.33. The lowest BCUT2D eigenvalue weighted by Gasteiger charge is -2.39. The number of carbonyl (C=O) groups is 2. The number of amides is 2. The molecule has 1 saturated carbocycles. The second-order valence-corrected chi connectivity index (χ2v) is 9.64. The highest BCUT2D eigenvalue weighted by Gasteiger charge is 2.64. The first-order chi connectivity index (χ1) is 15.1. The molecule has 2 N–H and O–H groups in total. The van der Waals surface area contributed by atoms with Crippen molar-refractivity contribution in [2.24, 2.45) is 5.92 Å². The van der Waals surface area contributed by atoms with Gasteiger partial charge in [-0.3, -0.25) is 14.5 Å². The van der Waals surface area contributed by atoms with Gasteiger partial charge in [-0.05, 0) is 62.6 Å². The smallest absolute Gasteiger partial charge is 0.352 e. The second kappa shape index (κ2) is 8.82. The maximum atomic E-state index is 13.5. The molecular weight excluding hydrogens is 450 g/mol. The predicted octanol–water partition coefficient (Wildman–Crippen LogP) is 4.05. The largest absolute Gasteiger partial charge is 0.411 e. The number of piperidine rings is 1. The normalized spacial score (nSPS) is 26.6. The van der Waals surface area contributed by atoms with Crippen molar-refractivity contribution in [1.82, 2.24) is 15.5 Å². The van der Waals surface area contributed by atoms with Gasteiger partial charge in [0.05, 0.1) is 0 Å². The molecule has 5 nitrogen and oxygen atoms in total. The number of hydrogen-bond donors (Lipinski definition) is 2. The number of hydrogen-bond acceptors (Lipinski definition) is 3. The Kier molecular flexibility index (Phi) is 6.42. The molecule has 2 amide bonds. The van der Waals surface area contributed by atoms with Crippen molar-refractivity contribution in [3.05, 3.63) is 34.6 Å². The van der Waals surface area contributed by atoms with Crippen LogP contribution in [0.3, 0.4) is 0 Å². The Balaban J connectivity index is 1.24. The summed E-state index contributed by atoms with van der Waals surface area (Å²) in [4.78, 5) is 26.7. The first kappa shape index (κ1) is 23.3. The lowest BCUT2D eigenvalue weighted by molar-refractivity contribution is -0.170. The monoisotopic (exact) mass is 475 g/mol. The van der Waals surface area contributed by atoms with Crippen LogP contribution >= 0.6 is 11.6 Å². The van der Waals surface area contributed by atoms with Crippen LogP contribution in [0.15, 0.2) is 18.2 Å². The zero-order valence-electron chi connectivity index (χ0n) is 17.5. The van der Waals surface area contributed by atoms with Crippen LogP contribution in [0.5, 0.6) is 0 Å². The van der Waals surface area contributed by atoms with E-state index in [1.807, 2.05) is 0 Å². The minimum Gasteiger partial charge on any atom is -0.352 e. The van der Waals surface area contributed by atoms with Crippen LogP contribution in [0.2, 0.25) is 5.02 Å². The molecular formula is C22H26ClF4N3O2. The van der Waals surface area contributed by atoms with E-state index in [9.17, 15) is 27.2 Å². The Labute approximate surface area is 188 Å². The molecule has 4 rings (SSSR count). The van der Waals surface area contributed by atoms with Crippen LogP contribution in [-0.2, 0) is 4.79 Å². The minimum atomic E-state index is -4.40. The molecule has 0 spiro atoms. The Morgan fingerprint density at radius 2 is 1.78 bits per heavy atom. The number of halogens is 5. The van der Waals surface area contributed by atoms with Gasteiger partial charge in [-0.15, -0.1) is 0 Å². The standard InChI is InChI=1S/C22H26ClF4N3O2/c23-15-9-14(10-16(24)11-15)20(32)28-12-13-7-17-1-2-18(8-13)30(17)6-3-19(31)29-21(4-5-21)22(25,26)27/h9-11,13,17-18H,1-8,12H2,(H,28,32)(H,29,31)/t13?,17-,18+. The molecule has 1 aromatic rings. The van der Waals surface area contributed by atoms with Gasteiger partial charge in [-0.25, -0.2) is 4.39 Å². The number of fused-ring (bicyclic) bond motifs is 2. The van der Waals surface area contributed by atoms with Gasteiger partial charge in [0, 0.05) is 42.2 Å². The summed E-state index contributed by atoms with van der Waals surface area (Å²) in [5.74, 6) is -1.25. The van der Waals surface area contributed by atoms with Crippen molar-refractivity contribution in [3.63, 3.8) is 0 Å². The van der Waals surface area contributed by atoms with Gasteiger partial charge in [0.25, 0.3) is 5.91 Å². The van der Waals surface area contributed by atoms with E-state index in [1.54, 1.807) is 0 Å². The van der Waals surface area contributed by atoms with Gasteiger partial charge >= 0.3 is 6.18 Å². The number of rotatable bonds is 7. The van der Waals surface area contributed by atoms with Gasteiger partial charge in [0.2, 0.25) is 5.91 Å². The lowest BCUT2D eigenvalue weighted by atomic mass is 9.90. The van der Waals surface area contributed by atoms with Crippen molar-refractivity contribution >= 4 is 23.4 Å². The van der Waals surface area contributed by atoms with E-state index >= 15 is 0 Å². The number of nitrogens with one attached hydrogen (secondary N) is 2. The van der Waals surface area contributed by atoms with Crippen LogP contribution < -0.4 is 10.6 Å². The first-order valence-electron chi connectivity index (χ1n) is 10.9. The molecule has 2 bridgehead atoms. The summed E-state index contributed by atoms with van der Waals surface area (Å²) in [5.41, 5.74) is -1.84. The SMILES string of the molecule is O=C(CCN1[C@@H]2CC[C@H]1CC(CNC(=O)c1cc(F)cc(Cl)c1)C2)NC1(C(F)(F)F)CC1. The van der Waals surface area contributed by atoms with Crippen molar-refractivity contribution in [2.45, 2.75) is 68.7 Å². The lowest BCUT2D eigenvalue weighted by Crippen LogP contribution is -2.50. The summed E-state index contributed by atoms with van der Waals surface area (Å²) in [6.07, 6.45) is -0.818. The van der Waals surface area contributed by atoms with Crippen molar-refractivity contribution in [3.8, 4) is 0 Å². The van der Waals surface area contributed by atoms with E-state index in [4.69, 9.17) is 11.6 Å². The summed E-state index contributed by atoms with van der Waals surface area (Å²) >= 11 is 5.81. The highest BCUT2D eigenvalue weighted by molar-refractivity contribution is 6.31. The van der Waals surface area contributed by atoms with Gasteiger partial charge in [-0.2, -0.15) is 13.2 Å². The molecule has 176 valence electrons. The van der Waals surface area contributed by atoms with E-state index in [0.717, 1.165) is 37.8 Å². The topological polar surface area (TPSA) is 61.4 Å². The average Bonchev–Trinajstić information content (AvgIpc) is 3.44. The van der Waals surface area contributed by atoms with Crippen LogP contribution in [0.4, 0.5) is 17.6 Å². The summed E-state index contributed by atoms with van der Waals surface area (Å²) in [6.45, 7) is 0.901. The van der Waals surface area contributed by atoms with E-state index < -0.39 is 23.4 Å². The molecule has 1 unspecified atom stereocenters. The molecule has 1 aromatic carbocycles. The molecule has 10 heteroatoms. The van der Waals surface area contributed by atoms with Crippen LogP contribution in [-0.4, -0.2) is 53.6 Å². The van der Waals surface area contributed by atoms with Crippen molar-refractivity contribution in [1.29, 1.82) is 0 Å². The number of carbonyl (C=O) groups excluding carboxylic acids is 2. The van der Waals surface area contributed by atoms with Gasteiger partial charge in [-0.1, -0.05) is 11.6 Å². The molecule has 3 aliphatic rings. The van der Waals surface area contributed by atoms with E-state index in [1.165, 1.54) is 6.07 Å². The number of alkyl halides is 3. The van der Waals surface area contributed by atoms with Crippen molar-refractivity contribution in [2.75, 3.05) is 13.1 Å². The van der Waals surface area contributed by atoms with Gasteiger partial charge < -0.3 is 10.6 Å². The fourth-order valence-electron chi connectivity index (χ4n) is 5.11. The summed E-state index contributed by atoms with van der Waals surface area (Å²) < 4.78 is 52.5. The Morgan fingerprint density at radius 3 is 2.34 bits per heavy atom. The third kappa shape index (κ3) is 5.03. The maximum absolute atomic E-state index is 13.5. The van der Waals surface area contributed by atoms with E-state index in [0.29, 0.717) is 13.1 Å². The van der Waals surface area contributed by atoms with Crippen LogP contribution in [0, 0.1) is 11.7 Å².